The summed E-state index contributed by atoms with van der Waals surface area (Å²) in [6.45, 7) is -2.99. The van der Waals surface area contributed by atoms with Gasteiger partial charge < -0.3 is 14.5 Å². The maximum absolute atomic E-state index is 12.6. The van der Waals surface area contributed by atoms with E-state index in [-0.39, 0.29) is 18.1 Å². The molecule has 4 nitrogen and oxygen atoms in total. The summed E-state index contributed by atoms with van der Waals surface area (Å²) in [5.74, 6) is 3.03. The minimum Gasteiger partial charge on any atom is -0.477 e. The van der Waals surface area contributed by atoms with E-state index < -0.39 is 6.61 Å². The van der Waals surface area contributed by atoms with Crippen molar-refractivity contribution in [2.45, 2.75) is 6.61 Å². The van der Waals surface area contributed by atoms with Gasteiger partial charge in [-0.05, 0) is 35.9 Å². The van der Waals surface area contributed by atoms with Crippen LogP contribution in [0.15, 0.2) is 42.5 Å². The van der Waals surface area contributed by atoms with Crippen molar-refractivity contribution >= 4 is 23.2 Å². The predicted octanol–water partition coefficient (Wildman–Crippen LogP) is 4.35. The number of hydrogen-bond acceptors (Lipinski definition) is 3. The zero-order valence-corrected chi connectivity index (χ0v) is 13.1. The largest absolute Gasteiger partial charge is 0.477 e. The molecule has 0 amide bonds. The van der Waals surface area contributed by atoms with E-state index in [2.05, 4.69) is 20.6 Å². The predicted molar refractivity (Wildman–Crippen MR) is 92.4 cm³/mol. The molecule has 0 bridgehead atoms. The SMILES string of the molecule is C#CCOc1ccc(/C=C/c2nc3ccccc3[nH]2)cc1OC(F)F. The molecular weight excluding hydrogens is 326 g/mol. The Hall–Kier alpha value is -3.33. The van der Waals surface area contributed by atoms with Crippen molar-refractivity contribution < 1.29 is 18.3 Å². The number of nitrogens with one attached hydrogen (secondary N) is 1. The summed E-state index contributed by atoms with van der Waals surface area (Å²) < 4.78 is 34.9. The van der Waals surface area contributed by atoms with E-state index in [0.29, 0.717) is 11.4 Å². The highest BCUT2D eigenvalue weighted by atomic mass is 19.3. The van der Waals surface area contributed by atoms with E-state index >= 15 is 0 Å². The van der Waals surface area contributed by atoms with Gasteiger partial charge in [0.15, 0.2) is 11.5 Å². The Kier molecular flexibility index (Phi) is 4.95. The summed E-state index contributed by atoms with van der Waals surface area (Å²) in [5, 5.41) is 0. The van der Waals surface area contributed by atoms with Gasteiger partial charge in [-0.15, -0.1) is 6.42 Å². The number of ether oxygens (including phenoxy) is 2. The first kappa shape index (κ1) is 16.5. The average Bonchev–Trinajstić information content (AvgIpc) is 3.01. The van der Waals surface area contributed by atoms with Gasteiger partial charge in [-0.1, -0.05) is 30.2 Å². The highest BCUT2D eigenvalue weighted by Gasteiger charge is 2.11. The zero-order valence-electron chi connectivity index (χ0n) is 13.1. The van der Waals surface area contributed by atoms with E-state index in [1.807, 2.05) is 24.3 Å². The fraction of sp³-hybridized carbons (Fsp3) is 0.105. The molecule has 0 unspecified atom stereocenters. The molecule has 6 heteroatoms. The molecule has 0 radical (unpaired) electrons. The molecule has 0 fully saturated rings. The van der Waals surface area contributed by atoms with Gasteiger partial charge in [0.25, 0.3) is 0 Å². The van der Waals surface area contributed by atoms with Crippen LogP contribution in [0.2, 0.25) is 0 Å². The van der Waals surface area contributed by atoms with Gasteiger partial charge in [0.05, 0.1) is 11.0 Å². The van der Waals surface area contributed by atoms with Gasteiger partial charge in [0, 0.05) is 0 Å². The Morgan fingerprint density at radius 3 is 2.76 bits per heavy atom. The highest BCUT2D eigenvalue weighted by molar-refractivity contribution is 5.78. The lowest BCUT2D eigenvalue weighted by Gasteiger charge is -2.11. The summed E-state index contributed by atoms with van der Waals surface area (Å²) in [7, 11) is 0. The van der Waals surface area contributed by atoms with Crippen molar-refractivity contribution in [1.82, 2.24) is 9.97 Å². The number of aromatic amines is 1. The van der Waals surface area contributed by atoms with Gasteiger partial charge in [-0.25, -0.2) is 4.98 Å². The summed E-state index contributed by atoms with van der Waals surface area (Å²) in [4.78, 5) is 7.57. The second kappa shape index (κ2) is 7.49. The van der Waals surface area contributed by atoms with E-state index in [1.54, 1.807) is 18.2 Å². The lowest BCUT2D eigenvalue weighted by molar-refractivity contribution is -0.0513. The first-order valence-corrected chi connectivity index (χ1v) is 7.43. The number of nitrogens with zero attached hydrogens (tertiary/aromatic N) is 1. The highest BCUT2D eigenvalue weighted by Crippen LogP contribution is 2.30. The molecule has 25 heavy (non-hydrogen) atoms. The third-order valence-electron chi connectivity index (χ3n) is 3.34. The van der Waals surface area contributed by atoms with Crippen molar-refractivity contribution in [3.05, 3.63) is 53.9 Å². The molecule has 1 N–H and O–H groups in total. The van der Waals surface area contributed by atoms with Gasteiger partial charge in [0.2, 0.25) is 0 Å². The van der Waals surface area contributed by atoms with Crippen LogP contribution < -0.4 is 9.47 Å². The molecule has 0 saturated heterocycles. The summed E-state index contributed by atoms with van der Waals surface area (Å²) >= 11 is 0. The normalized spacial score (nSPS) is 11.1. The fourth-order valence-corrected chi connectivity index (χ4v) is 2.28. The van der Waals surface area contributed by atoms with Crippen molar-refractivity contribution in [3.63, 3.8) is 0 Å². The molecular formula is C19H14F2N2O2. The maximum Gasteiger partial charge on any atom is 0.387 e. The monoisotopic (exact) mass is 340 g/mol. The molecule has 1 heterocycles. The van der Waals surface area contributed by atoms with Gasteiger partial charge in [0.1, 0.15) is 12.4 Å². The topological polar surface area (TPSA) is 47.1 Å². The molecule has 1 aromatic heterocycles. The lowest BCUT2D eigenvalue weighted by atomic mass is 10.2. The molecule has 0 aliphatic heterocycles. The van der Waals surface area contributed by atoms with Crippen LogP contribution in [0.1, 0.15) is 11.4 Å². The van der Waals surface area contributed by atoms with Crippen LogP contribution in [0, 0.1) is 12.3 Å². The second-order valence-electron chi connectivity index (χ2n) is 5.05. The standard InChI is InChI=1S/C19H14F2N2O2/c1-2-11-24-16-9-7-13(12-17(16)25-19(20)21)8-10-18-22-14-5-3-4-6-15(14)23-18/h1,3-10,12,19H,11H2,(H,22,23)/b10-8+. The number of benzene rings is 2. The van der Waals surface area contributed by atoms with Crippen LogP contribution in [-0.4, -0.2) is 23.2 Å². The maximum atomic E-state index is 12.6. The van der Waals surface area contributed by atoms with Crippen LogP contribution >= 0.6 is 0 Å². The van der Waals surface area contributed by atoms with E-state index in [1.165, 1.54) is 12.1 Å². The molecule has 0 aliphatic carbocycles. The number of aromatic nitrogens is 2. The first-order chi connectivity index (χ1) is 12.2. The minimum absolute atomic E-state index is 0.0340. The molecule has 2 aromatic carbocycles. The van der Waals surface area contributed by atoms with E-state index in [0.717, 1.165) is 11.0 Å². The summed E-state index contributed by atoms with van der Waals surface area (Å²) in [6.07, 6.45) is 8.61. The summed E-state index contributed by atoms with van der Waals surface area (Å²) in [5.41, 5.74) is 2.42. The molecule has 3 rings (SSSR count). The number of halogens is 2. The molecule has 126 valence electrons. The second-order valence-corrected chi connectivity index (χ2v) is 5.05. The quantitative estimate of drug-likeness (QED) is 0.679. The number of terminal acetylenes is 1. The number of alkyl halides is 2. The molecule has 0 atom stereocenters. The minimum atomic E-state index is -2.96. The Bertz CT molecular complexity index is 909. The smallest absolute Gasteiger partial charge is 0.387 e. The molecule has 0 spiro atoms. The number of H-pyrrole nitrogens is 1. The zero-order chi connectivity index (χ0) is 17.6. The van der Waals surface area contributed by atoms with Crippen LogP contribution in [0.3, 0.4) is 0 Å². The third-order valence-corrected chi connectivity index (χ3v) is 3.34. The van der Waals surface area contributed by atoms with Gasteiger partial charge in [-0.3, -0.25) is 0 Å². The number of imidazole rings is 1. The van der Waals surface area contributed by atoms with Gasteiger partial charge >= 0.3 is 6.61 Å². The Balaban J connectivity index is 1.84. The van der Waals surface area contributed by atoms with E-state index in [4.69, 9.17) is 11.2 Å². The van der Waals surface area contributed by atoms with E-state index in [9.17, 15) is 8.78 Å². The van der Waals surface area contributed by atoms with Gasteiger partial charge in [-0.2, -0.15) is 8.78 Å². The van der Waals surface area contributed by atoms with Crippen molar-refractivity contribution in [2.75, 3.05) is 6.61 Å². The van der Waals surface area contributed by atoms with Crippen molar-refractivity contribution in [1.29, 1.82) is 0 Å². The molecule has 0 aliphatic rings. The Labute approximate surface area is 143 Å². The number of hydrogen-bond donors (Lipinski definition) is 1. The molecule has 0 saturated carbocycles. The Morgan fingerprint density at radius 1 is 1.16 bits per heavy atom. The number of fused-ring (bicyclic) bond motifs is 1. The lowest BCUT2D eigenvalue weighted by Crippen LogP contribution is -2.05. The Morgan fingerprint density at radius 2 is 2.00 bits per heavy atom. The fourth-order valence-electron chi connectivity index (χ4n) is 2.28. The third kappa shape index (κ3) is 4.15. The number of para-hydroxylation sites is 2. The first-order valence-electron chi connectivity index (χ1n) is 7.43. The number of rotatable bonds is 6. The van der Waals surface area contributed by atoms with Crippen LogP contribution in [-0.2, 0) is 0 Å². The van der Waals surface area contributed by atoms with Crippen LogP contribution in [0.25, 0.3) is 23.2 Å². The summed E-state index contributed by atoms with van der Waals surface area (Å²) in [6, 6.07) is 12.3. The molecule has 3 aromatic rings. The van der Waals surface area contributed by atoms with Crippen LogP contribution in [0.5, 0.6) is 11.5 Å². The van der Waals surface area contributed by atoms with Crippen molar-refractivity contribution in [3.8, 4) is 23.8 Å². The van der Waals surface area contributed by atoms with Crippen molar-refractivity contribution in [2.24, 2.45) is 0 Å². The van der Waals surface area contributed by atoms with Crippen LogP contribution in [0.4, 0.5) is 8.78 Å². The average molecular weight is 340 g/mol.